The van der Waals surface area contributed by atoms with Gasteiger partial charge >= 0.3 is 12.4 Å². The van der Waals surface area contributed by atoms with Crippen LogP contribution in [-0.4, -0.2) is 28.7 Å². The molecular formula is C20H15F6N3O2. The third-order valence-electron chi connectivity index (χ3n) is 4.19. The molecule has 0 bridgehead atoms. The zero-order chi connectivity index (χ0) is 22.8. The van der Waals surface area contributed by atoms with Gasteiger partial charge in [-0.1, -0.05) is 6.07 Å². The monoisotopic (exact) mass is 443 g/mol. The van der Waals surface area contributed by atoms with Gasteiger partial charge in [-0.05, 0) is 42.8 Å². The van der Waals surface area contributed by atoms with Crippen molar-refractivity contribution in [3.8, 4) is 5.75 Å². The third-order valence-corrected chi connectivity index (χ3v) is 4.19. The average Bonchev–Trinajstić information content (AvgIpc) is 2.69. The van der Waals surface area contributed by atoms with Crippen LogP contribution in [0, 0.1) is 6.92 Å². The van der Waals surface area contributed by atoms with Crippen molar-refractivity contribution in [1.82, 2.24) is 15.3 Å². The van der Waals surface area contributed by atoms with Crippen LogP contribution in [0.1, 0.15) is 27.3 Å². The number of amides is 1. The number of rotatable bonds is 5. The fraction of sp³-hybridized carbons (Fsp3) is 0.250. The second-order valence-corrected chi connectivity index (χ2v) is 6.60. The lowest BCUT2D eigenvalue weighted by Gasteiger charge is -2.16. The predicted octanol–water partition coefficient (Wildman–Crippen LogP) is 4.83. The predicted molar refractivity (Wildman–Crippen MR) is 98.4 cm³/mol. The summed E-state index contributed by atoms with van der Waals surface area (Å²) >= 11 is 0. The molecule has 0 aliphatic rings. The fourth-order valence-corrected chi connectivity index (χ4v) is 2.81. The van der Waals surface area contributed by atoms with Crippen molar-refractivity contribution in [3.63, 3.8) is 0 Å². The summed E-state index contributed by atoms with van der Waals surface area (Å²) in [6.45, 7) is -0.279. The van der Waals surface area contributed by atoms with Crippen molar-refractivity contribution in [2.75, 3.05) is 6.61 Å². The SMILES string of the molecule is Cc1cc(C(=O)NCc2ccccn2)nc2c(C(F)(F)F)cc(OCC(F)(F)F)cc12. The van der Waals surface area contributed by atoms with Gasteiger partial charge in [-0.3, -0.25) is 9.78 Å². The molecule has 3 rings (SSSR count). The smallest absolute Gasteiger partial charge is 0.422 e. The number of carbonyl (C=O) groups excluding carboxylic acids is 1. The number of halogens is 6. The summed E-state index contributed by atoms with van der Waals surface area (Å²) < 4.78 is 82.4. The molecule has 0 saturated carbocycles. The quantitative estimate of drug-likeness (QED) is 0.574. The minimum Gasteiger partial charge on any atom is -0.484 e. The highest BCUT2D eigenvalue weighted by atomic mass is 19.4. The van der Waals surface area contributed by atoms with Gasteiger partial charge in [0.15, 0.2) is 6.61 Å². The van der Waals surface area contributed by atoms with Crippen LogP contribution in [0.2, 0.25) is 0 Å². The highest BCUT2D eigenvalue weighted by Crippen LogP contribution is 2.38. The Labute approximate surface area is 172 Å². The molecule has 0 unspecified atom stereocenters. The van der Waals surface area contributed by atoms with Gasteiger partial charge in [0.1, 0.15) is 11.4 Å². The lowest BCUT2D eigenvalue weighted by molar-refractivity contribution is -0.153. The molecule has 11 heteroatoms. The molecule has 3 aromatic rings. The van der Waals surface area contributed by atoms with Gasteiger partial charge in [-0.2, -0.15) is 26.3 Å². The van der Waals surface area contributed by atoms with E-state index in [0.717, 1.165) is 6.07 Å². The van der Waals surface area contributed by atoms with Crippen LogP contribution in [0.3, 0.4) is 0 Å². The summed E-state index contributed by atoms with van der Waals surface area (Å²) in [7, 11) is 0. The minimum absolute atomic E-state index is 0.0365. The van der Waals surface area contributed by atoms with Crippen LogP contribution in [0.4, 0.5) is 26.3 Å². The van der Waals surface area contributed by atoms with Crippen LogP contribution < -0.4 is 10.1 Å². The maximum absolute atomic E-state index is 13.6. The van der Waals surface area contributed by atoms with Crippen molar-refractivity contribution >= 4 is 16.8 Å². The first kappa shape index (κ1) is 22.3. The maximum Gasteiger partial charge on any atom is 0.422 e. The van der Waals surface area contributed by atoms with E-state index >= 15 is 0 Å². The van der Waals surface area contributed by atoms with E-state index in [4.69, 9.17) is 0 Å². The van der Waals surface area contributed by atoms with Gasteiger partial charge in [-0.15, -0.1) is 0 Å². The van der Waals surface area contributed by atoms with Crippen molar-refractivity contribution in [2.24, 2.45) is 0 Å². The number of nitrogens with zero attached hydrogens (tertiary/aromatic N) is 2. The van der Waals surface area contributed by atoms with Crippen molar-refractivity contribution in [2.45, 2.75) is 25.8 Å². The Hall–Kier alpha value is -3.37. The molecule has 1 aromatic carbocycles. The molecule has 31 heavy (non-hydrogen) atoms. The van der Waals surface area contributed by atoms with Crippen molar-refractivity contribution in [3.05, 3.63) is 65.1 Å². The largest absolute Gasteiger partial charge is 0.484 e. The summed E-state index contributed by atoms with van der Waals surface area (Å²) in [5.74, 6) is -1.32. The summed E-state index contributed by atoms with van der Waals surface area (Å²) in [4.78, 5) is 20.3. The Morgan fingerprint density at radius 1 is 1.10 bits per heavy atom. The van der Waals surface area contributed by atoms with Crippen LogP contribution in [0.25, 0.3) is 10.9 Å². The van der Waals surface area contributed by atoms with E-state index in [1.165, 1.54) is 19.2 Å². The Kier molecular flexibility index (Phi) is 6.05. The maximum atomic E-state index is 13.6. The molecule has 0 radical (unpaired) electrons. The van der Waals surface area contributed by atoms with Crippen LogP contribution in [-0.2, 0) is 12.7 Å². The van der Waals surface area contributed by atoms with Gasteiger partial charge in [0.2, 0.25) is 0 Å². The number of aryl methyl sites for hydroxylation is 1. The summed E-state index contributed by atoms with van der Waals surface area (Å²) in [5, 5.41) is 2.44. The highest BCUT2D eigenvalue weighted by molar-refractivity contribution is 5.97. The molecule has 0 fully saturated rings. The van der Waals surface area contributed by atoms with Crippen LogP contribution in [0.5, 0.6) is 5.75 Å². The standard InChI is InChI=1S/C20H15F6N3O2/c1-11-6-16(18(30)28-9-12-4-2-3-5-27-12)29-17-14(11)7-13(31-10-19(21,22)23)8-15(17)20(24,25)26/h2-8H,9-10H2,1H3,(H,28,30). The molecule has 0 spiro atoms. The van der Waals surface area contributed by atoms with E-state index < -0.39 is 41.7 Å². The van der Waals surface area contributed by atoms with E-state index in [1.54, 1.807) is 18.2 Å². The first-order valence-corrected chi connectivity index (χ1v) is 8.84. The first-order chi connectivity index (χ1) is 14.4. The van der Waals surface area contributed by atoms with Gasteiger partial charge in [0.05, 0.1) is 23.3 Å². The van der Waals surface area contributed by atoms with E-state index in [2.05, 4.69) is 20.0 Å². The molecular weight excluding hydrogens is 428 g/mol. The fourth-order valence-electron chi connectivity index (χ4n) is 2.81. The lowest BCUT2D eigenvalue weighted by atomic mass is 10.0. The molecule has 2 heterocycles. The topological polar surface area (TPSA) is 64.1 Å². The summed E-state index contributed by atoms with van der Waals surface area (Å²) in [6.07, 6.45) is -8.12. The molecule has 0 aliphatic heterocycles. The van der Waals surface area contributed by atoms with E-state index in [1.807, 2.05) is 0 Å². The number of aromatic nitrogens is 2. The Morgan fingerprint density at radius 3 is 2.45 bits per heavy atom. The van der Waals surface area contributed by atoms with Crippen molar-refractivity contribution < 1.29 is 35.9 Å². The molecule has 0 saturated heterocycles. The Bertz CT molecular complexity index is 1100. The average molecular weight is 443 g/mol. The number of nitrogens with one attached hydrogen (secondary N) is 1. The molecule has 1 amide bonds. The highest BCUT2D eigenvalue weighted by Gasteiger charge is 2.35. The van der Waals surface area contributed by atoms with E-state index in [0.29, 0.717) is 11.8 Å². The second kappa shape index (κ2) is 8.40. The number of benzene rings is 1. The number of hydrogen-bond donors (Lipinski definition) is 1. The Balaban J connectivity index is 1.98. The number of carbonyl (C=O) groups is 1. The zero-order valence-corrected chi connectivity index (χ0v) is 15.9. The molecule has 164 valence electrons. The molecule has 2 aromatic heterocycles. The number of hydrogen-bond acceptors (Lipinski definition) is 4. The summed E-state index contributed by atoms with van der Waals surface area (Å²) in [6, 6.07) is 7.78. The number of fused-ring (bicyclic) bond motifs is 1. The minimum atomic E-state index is -4.93. The van der Waals surface area contributed by atoms with Gasteiger partial charge < -0.3 is 10.1 Å². The van der Waals surface area contributed by atoms with Gasteiger partial charge in [0, 0.05) is 11.6 Å². The number of ether oxygens (including phenoxy) is 1. The van der Waals surface area contributed by atoms with Crippen LogP contribution in [0.15, 0.2) is 42.6 Å². The molecule has 0 atom stereocenters. The van der Waals surface area contributed by atoms with Crippen molar-refractivity contribution in [1.29, 1.82) is 0 Å². The normalized spacial score (nSPS) is 12.1. The van der Waals surface area contributed by atoms with Gasteiger partial charge in [0.25, 0.3) is 5.91 Å². The second-order valence-electron chi connectivity index (χ2n) is 6.60. The number of pyridine rings is 2. The van der Waals surface area contributed by atoms with E-state index in [9.17, 15) is 31.1 Å². The molecule has 0 aliphatic carbocycles. The Morgan fingerprint density at radius 2 is 1.84 bits per heavy atom. The van der Waals surface area contributed by atoms with Gasteiger partial charge in [-0.25, -0.2) is 4.98 Å². The summed E-state index contributed by atoms with van der Waals surface area (Å²) in [5.41, 5.74) is -1.37. The zero-order valence-electron chi connectivity index (χ0n) is 15.9. The van der Waals surface area contributed by atoms with E-state index in [-0.39, 0.29) is 23.2 Å². The molecule has 1 N–H and O–H groups in total. The lowest BCUT2D eigenvalue weighted by Crippen LogP contribution is -2.24. The molecule has 5 nitrogen and oxygen atoms in total. The van der Waals surface area contributed by atoms with Crippen LogP contribution >= 0.6 is 0 Å². The number of alkyl halides is 6. The third kappa shape index (κ3) is 5.62. The first-order valence-electron chi connectivity index (χ1n) is 8.84.